The summed E-state index contributed by atoms with van der Waals surface area (Å²) in [6.45, 7) is 1.59. The summed E-state index contributed by atoms with van der Waals surface area (Å²) in [4.78, 5) is 30.9. The van der Waals surface area contributed by atoms with Crippen molar-refractivity contribution in [2.24, 2.45) is 5.92 Å². The molecule has 1 atom stereocenters. The Morgan fingerprint density at radius 3 is 2.00 bits per heavy atom. The SMILES string of the molecule is CC[C@@H](CC(=O)C(=O)O)C(=O)O. The van der Waals surface area contributed by atoms with E-state index in [0.717, 1.165) is 0 Å². The zero-order valence-electron chi connectivity index (χ0n) is 6.61. The van der Waals surface area contributed by atoms with Gasteiger partial charge in [0, 0.05) is 6.42 Å². The summed E-state index contributed by atoms with van der Waals surface area (Å²) in [5, 5.41) is 16.6. The zero-order valence-corrected chi connectivity index (χ0v) is 6.61. The highest BCUT2D eigenvalue weighted by Gasteiger charge is 2.22. The van der Waals surface area contributed by atoms with Gasteiger partial charge in [-0.25, -0.2) is 4.79 Å². The van der Waals surface area contributed by atoms with Crippen LogP contribution in [0.15, 0.2) is 0 Å². The first-order valence-electron chi connectivity index (χ1n) is 3.48. The summed E-state index contributed by atoms with van der Waals surface area (Å²) in [6.07, 6.45) is -0.171. The minimum Gasteiger partial charge on any atom is -0.481 e. The molecule has 0 heterocycles. The van der Waals surface area contributed by atoms with E-state index in [2.05, 4.69) is 0 Å². The van der Waals surface area contributed by atoms with Crippen LogP contribution in [0.25, 0.3) is 0 Å². The first kappa shape index (κ1) is 10.6. The molecule has 0 aromatic carbocycles. The van der Waals surface area contributed by atoms with Gasteiger partial charge in [-0.05, 0) is 6.42 Å². The first-order chi connectivity index (χ1) is 5.49. The number of hydrogen-bond acceptors (Lipinski definition) is 3. The van der Waals surface area contributed by atoms with Crippen molar-refractivity contribution < 1.29 is 24.6 Å². The summed E-state index contributed by atoms with van der Waals surface area (Å²) in [5.74, 6) is -4.64. The van der Waals surface area contributed by atoms with Gasteiger partial charge in [0.2, 0.25) is 5.78 Å². The Hall–Kier alpha value is -1.39. The molecule has 68 valence electrons. The largest absolute Gasteiger partial charge is 0.481 e. The van der Waals surface area contributed by atoms with Gasteiger partial charge in [0.15, 0.2) is 0 Å². The minimum atomic E-state index is -1.57. The zero-order chi connectivity index (χ0) is 9.72. The number of aliphatic carboxylic acids is 2. The number of Topliss-reactive ketones (excluding diaryl/α,β-unsaturated/α-hetero) is 1. The van der Waals surface area contributed by atoms with Crippen molar-refractivity contribution >= 4 is 17.7 Å². The number of rotatable bonds is 5. The Morgan fingerprint density at radius 1 is 1.25 bits per heavy atom. The molecule has 0 spiro atoms. The van der Waals surface area contributed by atoms with Crippen LogP contribution in [0.1, 0.15) is 19.8 Å². The van der Waals surface area contributed by atoms with E-state index >= 15 is 0 Å². The molecule has 0 saturated heterocycles. The van der Waals surface area contributed by atoms with Gasteiger partial charge >= 0.3 is 11.9 Å². The van der Waals surface area contributed by atoms with E-state index in [9.17, 15) is 14.4 Å². The Labute approximate surface area is 69.0 Å². The lowest BCUT2D eigenvalue weighted by Gasteiger charge is -2.05. The van der Waals surface area contributed by atoms with E-state index in [-0.39, 0.29) is 6.42 Å². The lowest BCUT2D eigenvalue weighted by Crippen LogP contribution is -2.21. The van der Waals surface area contributed by atoms with Crippen LogP contribution >= 0.6 is 0 Å². The average molecular weight is 174 g/mol. The lowest BCUT2D eigenvalue weighted by atomic mass is 10.0. The first-order valence-corrected chi connectivity index (χ1v) is 3.48. The molecule has 0 aromatic rings. The smallest absolute Gasteiger partial charge is 0.372 e. The van der Waals surface area contributed by atoms with Crippen LogP contribution in [0.2, 0.25) is 0 Å². The second-order valence-corrected chi connectivity index (χ2v) is 2.38. The van der Waals surface area contributed by atoms with E-state index < -0.39 is 30.1 Å². The van der Waals surface area contributed by atoms with Crippen LogP contribution in [-0.4, -0.2) is 27.9 Å². The molecule has 0 aliphatic heterocycles. The molecule has 12 heavy (non-hydrogen) atoms. The summed E-state index contributed by atoms with van der Waals surface area (Å²) in [5.41, 5.74) is 0. The van der Waals surface area contributed by atoms with Gasteiger partial charge in [0.05, 0.1) is 5.92 Å². The number of carbonyl (C=O) groups is 3. The van der Waals surface area contributed by atoms with Crippen LogP contribution < -0.4 is 0 Å². The third kappa shape index (κ3) is 3.14. The maximum atomic E-state index is 10.6. The van der Waals surface area contributed by atoms with E-state index in [1.807, 2.05) is 0 Å². The van der Waals surface area contributed by atoms with E-state index in [1.54, 1.807) is 6.92 Å². The standard InChI is InChI=1S/C7H10O5/c1-2-4(6(9)10)3-5(8)7(11)12/h4H,2-3H2,1H3,(H,9,10)(H,11,12)/t4-/m0/s1. The van der Waals surface area contributed by atoms with Gasteiger partial charge in [0.1, 0.15) is 0 Å². The van der Waals surface area contributed by atoms with Crippen molar-refractivity contribution in [2.75, 3.05) is 0 Å². The highest BCUT2D eigenvalue weighted by molar-refractivity contribution is 6.33. The van der Waals surface area contributed by atoms with E-state index in [0.29, 0.717) is 0 Å². The number of carbonyl (C=O) groups excluding carboxylic acids is 1. The molecule has 0 aromatic heterocycles. The molecule has 0 amide bonds. The maximum absolute atomic E-state index is 10.6. The summed E-state index contributed by atoms with van der Waals surface area (Å²) < 4.78 is 0. The number of carboxylic acids is 2. The highest BCUT2D eigenvalue weighted by atomic mass is 16.4. The monoisotopic (exact) mass is 174 g/mol. The predicted molar refractivity (Wildman–Crippen MR) is 38.7 cm³/mol. The summed E-state index contributed by atoms with van der Waals surface area (Å²) >= 11 is 0. The van der Waals surface area contributed by atoms with Crippen LogP contribution in [0.4, 0.5) is 0 Å². The number of ketones is 1. The topological polar surface area (TPSA) is 91.7 Å². The van der Waals surface area contributed by atoms with Gasteiger partial charge in [-0.1, -0.05) is 6.92 Å². The molecular formula is C7H10O5. The van der Waals surface area contributed by atoms with Crippen LogP contribution in [0.5, 0.6) is 0 Å². The second kappa shape index (κ2) is 4.48. The van der Waals surface area contributed by atoms with E-state index in [1.165, 1.54) is 0 Å². The third-order valence-corrected chi connectivity index (χ3v) is 1.51. The minimum absolute atomic E-state index is 0.258. The molecule has 0 saturated carbocycles. The molecule has 0 aliphatic rings. The van der Waals surface area contributed by atoms with Crippen molar-refractivity contribution in [3.63, 3.8) is 0 Å². The molecule has 0 radical (unpaired) electrons. The molecule has 0 bridgehead atoms. The number of carboxylic acid groups (broad SMARTS) is 2. The predicted octanol–water partition coefficient (Wildman–Crippen LogP) is 0.141. The fourth-order valence-corrected chi connectivity index (χ4v) is 0.717. The molecular weight excluding hydrogens is 164 g/mol. The van der Waals surface area contributed by atoms with Gasteiger partial charge in [-0.3, -0.25) is 9.59 Å². The van der Waals surface area contributed by atoms with E-state index in [4.69, 9.17) is 10.2 Å². The van der Waals surface area contributed by atoms with Gasteiger partial charge in [-0.2, -0.15) is 0 Å². The molecule has 5 nitrogen and oxygen atoms in total. The number of hydrogen-bond donors (Lipinski definition) is 2. The molecule has 5 heteroatoms. The Bertz CT molecular complexity index is 208. The Kier molecular flexibility index (Phi) is 3.96. The van der Waals surface area contributed by atoms with Crippen molar-refractivity contribution in [1.82, 2.24) is 0 Å². The Balaban J connectivity index is 4.12. The van der Waals surface area contributed by atoms with Crippen molar-refractivity contribution in [3.8, 4) is 0 Å². The highest BCUT2D eigenvalue weighted by Crippen LogP contribution is 2.08. The third-order valence-electron chi connectivity index (χ3n) is 1.51. The summed E-state index contributed by atoms with van der Waals surface area (Å²) in [7, 11) is 0. The second-order valence-electron chi connectivity index (χ2n) is 2.38. The molecule has 0 rings (SSSR count). The van der Waals surface area contributed by atoms with Gasteiger partial charge < -0.3 is 10.2 Å². The molecule has 0 fully saturated rings. The Morgan fingerprint density at radius 2 is 1.75 bits per heavy atom. The van der Waals surface area contributed by atoms with Crippen molar-refractivity contribution in [2.45, 2.75) is 19.8 Å². The molecule has 0 aliphatic carbocycles. The van der Waals surface area contributed by atoms with Crippen molar-refractivity contribution in [1.29, 1.82) is 0 Å². The van der Waals surface area contributed by atoms with Gasteiger partial charge in [0.25, 0.3) is 0 Å². The normalized spacial score (nSPS) is 12.1. The fourth-order valence-electron chi connectivity index (χ4n) is 0.717. The molecule has 2 N–H and O–H groups in total. The fraction of sp³-hybridized carbons (Fsp3) is 0.571. The van der Waals surface area contributed by atoms with Crippen LogP contribution in [-0.2, 0) is 14.4 Å². The van der Waals surface area contributed by atoms with Crippen LogP contribution in [0, 0.1) is 5.92 Å². The quantitative estimate of drug-likeness (QED) is 0.578. The average Bonchev–Trinajstić information content (AvgIpc) is 1.98. The lowest BCUT2D eigenvalue weighted by molar-refractivity contribution is -0.151. The maximum Gasteiger partial charge on any atom is 0.372 e. The summed E-state index contributed by atoms with van der Waals surface area (Å²) in [6, 6.07) is 0. The van der Waals surface area contributed by atoms with Crippen LogP contribution in [0.3, 0.4) is 0 Å². The van der Waals surface area contributed by atoms with Gasteiger partial charge in [-0.15, -0.1) is 0 Å². The van der Waals surface area contributed by atoms with Crippen molar-refractivity contribution in [3.05, 3.63) is 0 Å². The molecule has 0 unspecified atom stereocenters.